The Bertz CT molecular complexity index is 282. The van der Waals surface area contributed by atoms with Crippen LogP contribution in [0.5, 0.6) is 0 Å². The molecule has 1 aromatic rings. The van der Waals surface area contributed by atoms with Gasteiger partial charge < -0.3 is 0 Å². The van der Waals surface area contributed by atoms with Crippen LogP contribution in [0.15, 0.2) is 24.3 Å². The number of rotatable bonds is 4. The zero-order valence-electron chi connectivity index (χ0n) is 9.50. The van der Waals surface area contributed by atoms with Crippen molar-refractivity contribution in [3.05, 3.63) is 33.4 Å². The molecule has 2 atom stereocenters. The maximum absolute atomic E-state index is 6.22. The Balaban J connectivity index is 2.70. The number of hydrogen-bond donors (Lipinski definition) is 0. The largest absolute Gasteiger partial charge is 0.123 e. The Hall–Kier alpha value is 0.240. The second-order valence-electron chi connectivity index (χ2n) is 4.42. The van der Waals surface area contributed by atoms with Gasteiger partial charge in [-0.25, -0.2) is 0 Å². The van der Waals surface area contributed by atoms with Gasteiger partial charge in [0, 0.05) is 8.95 Å². The number of hydrogen-bond acceptors (Lipinski definition) is 0. The van der Waals surface area contributed by atoms with E-state index >= 15 is 0 Å². The molecule has 0 bridgehead atoms. The maximum atomic E-state index is 6.22. The molecule has 0 aliphatic carbocycles. The van der Waals surface area contributed by atoms with Gasteiger partial charge in [0.1, 0.15) is 0 Å². The van der Waals surface area contributed by atoms with Crippen molar-refractivity contribution in [3.63, 3.8) is 0 Å². The highest BCUT2D eigenvalue weighted by Crippen LogP contribution is 2.24. The summed E-state index contributed by atoms with van der Waals surface area (Å²) in [5, 5.41) is 0.240. The Morgan fingerprint density at radius 3 is 2.07 bits per heavy atom. The van der Waals surface area contributed by atoms with E-state index in [2.05, 4.69) is 67.6 Å². The van der Waals surface area contributed by atoms with Crippen LogP contribution in [-0.2, 0) is 6.42 Å². The van der Waals surface area contributed by atoms with Crippen LogP contribution in [0.4, 0.5) is 0 Å². The van der Waals surface area contributed by atoms with Gasteiger partial charge in [-0.05, 0) is 65.5 Å². The summed E-state index contributed by atoms with van der Waals surface area (Å²) in [5.74, 6) is 1.20. The molecule has 1 aromatic carbocycles. The van der Waals surface area contributed by atoms with Crippen LogP contribution < -0.4 is 0 Å². The Morgan fingerprint density at radius 2 is 1.67 bits per heavy atom. The zero-order chi connectivity index (χ0) is 11.4. The molecule has 0 radical (unpaired) electrons. The van der Waals surface area contributed by atoms with Crippen molar-refractivity contribution in [2.45, 2.75) is 32.6 Å². The van der Waals surface area contributed by atoms with Crippen molar-refractivity contribution in [2.24, 2.45) is 11.8 Å². The van der Waals surface area contributed by atoms with Gasteiger partial charge in [-0.3, -0.25) is 0 Å². The maximum Gasteiger partial charge on any atom is 0.0341 e. The summed E-state index contributed by atoms with van der Waals surface area (Å²) in [4.78, 5) is 0. The minimum absolute atomic E-state index is 0.240. The van der Waals surface area contributed by atoms with Crippen molar-refractivity contribution in [1.29, 1.82) is 0 Å². The van der Waals surface area contributed by atoms with Crippen molar-refractivity contribution >= 4 is 34.2 Å². The highest BCUT2D eigenvalue weighted by molar-refractivity contribution is 14.1. The molecule has 0 saturated carbocycles. The lowest BCUT2D eigenvalue weighted by molar-refractivity contribution is 0.376. The first-order chi connectivity index (χ1) is 7.00. The van der Waals surface area contributed by atoms with Gasteiger partial charge in [0.15, 0.2) is 0 Å². The van der Waals surface area contributed by atoms with E-state index in [4.69, 9.17) is 11.6 Å². The molecule has 84 valence electrons. The molecule has 2 heteroatoms. The van der Waals surface area contributed by atoms with E-state index in [1.165, 1.54) is 9.13 Å². The average Bonchev–Trinajstić information content (AvgIpc) is 2.15. The van der Waals surface area contributed by atoms with Gasteiger partial charge in [-0.15, -0.1) is 11.6 Å². The molecule has 0 aliphatic heterocycles. The van der Waals surface area contributed by atoms with Crippen molar-refractivity contribution in [2.75, 3.05) is 0 Å². The van der Waals surface area contributed by atoms with Crippen molar-refractivity contribution < 1.29 is 0 Å². The quantitative estimate of drug-likeness (QED) is 0.550. The third kappa shape index (κ3) is 4.31. The fraction of sp³-hybridized carbons (Fsp3) is 0.538. The number of alkyl halides is 1. The molecule has 0 fully saturated rings. The highest BCUT2D eigenvalue weighted by Gasteiger charge is 2.19. The molecule has 0 aromatic heterocycles. The van der Waals surface area contributed by atoms with Gasteiger partial charge in [-0.2, -0.15) is 0 Å². The SMILES string of the molecule is CC(C)C(Cc1ccc(I)cc1)C(C)Cl. The molecule has 0 nitrogen and oxygen atoms in total. The van der Waals surface area contributed by atoms with Crippen LogP contribution in [0, 0.1) is 15.4 Å². The van der Waals surface area contributed by atoms with E-state index in [1.54, 1.807) is 0 Å². The first kappa shape index (κ1) is 13.3. The van der Waals surface area contributed by atoms with Crippen LogP contribution in [0.25, 0.3) is 0 Å². The summed E-state index contributed by atoms with van der Waals surface area (Å²) in [5.41, 5.74) is 1.39. The summed E-state index contributed by atoms with van der Waals surface area (Å²) >= 11 is 8.55. The molecule has 0 N–H and O–H groups in total. The Labute approximate surface area is 112 Å². The van der Waals surface area contributed by atoms with E-state index in [1.807, 2.05) is 0 Å². The minimum Gasteiger partial charge on any atom is -0.123 e. The summed E-state index contributed by atoms with van der Waals surface area (Å²) in [6.45, 7) is 6.59. The molecule has 0 saturated heterocycles. The fourth-order valence-corrected chi connectivity index (χ4v) is 2.56. The smallest absolute Gasteiger partial charge is 0.0341 e. The average molecular weight is 337 g/mol. The van der Waals surface area contributed by atoms with Gasteiger partial charge in [0.2, 0.25) is 0 Å². The number of halogens is 2. The van der Waals surface area contributed by atoms with E-state index in [9.17, 15) is 0 Å². The summed E-state index contributed by atoms with van der Waals surface area (Å²) < 4.78 is 1.29. The summed E-state index contributed by atoms with van der Waals surface area (Å²) in [6, 6.07) is 8.73. The summed E-state index contributed by atoms with van der Waals surface area (Å²) in [7, 11) is 0. The molecule has 2 unspecified atom stereocenters. The van der Waals surface area contributed by atoms with Crippen LogP contribution in [0.1, 0.15) is 26.3 Å². The predicted molar refractivity (Wildman–Crippen MR) is 76.5 cm³/mol. The topological polar surface area (TPSA) is 0 Å². The van der Waals surface area contributed by atoms with Crippen LogP contribution in [0.3, 0.4) is 0 Å². The Kier molecular flexibility index (Phi) is 5.41. The molecule has 0 aliphatic rings. The highest BCUT2D eigenvalue weighted by atomic mass is 127. The predicted octanol–water partition coefficient (Wildman–Crippen LogP) is 4.73. The lowest BCUT2D eigenvalue weighted by Crippen LogP contribution is -2.20. The second kappa shape index (κ2) is 6.09. The molecule has 15 heavy (non-hydrogen) atoms. The van der Waals surface area contributed by atoms with Gasteiger partial charge >= 0.3 is 0 Å². The normalized spacial score (nSPS) is 15.3. The second-order valence-corrected chi connectivity index (χ2v) is 6.35. The van der Waals surface area contributed by atoms with E-state index in [0.717, 1.165) is 6.42 Å². The molecule has 0 spiro atoms. The lowest BCUT2D eigenvalue weighted by atomic mass is 9.87. The first-order valence-corrected chi connectivity index (χ1v) is 6.90. The van der Waals surface area contributed by atoms with E-state index < -0.39 is 0 Å². The number of benzene rings is 1. The van der Waals surface area contributed by atoms with Crippen molar-refractivity contribution in [1.82, 2.24) is 0 Å². The zero-order valence-corrected chi connectivity index (χ0v) is 12.4. The van der Waals surface area contributed by atoms with Crippen LogP contribution in [-0.4, -0.2) is 5.38 Å². The molecule has 0 heterocycles. The van der Waals surface area contributed by atoms with Gasteiger partial charge in [-0.1, -0.05) is 26.0 Å². The van der Waals surface area contributed by atoms with Crippen LogP contribution in [0.2, 0.25) is 0 Å². The van der Waals surface area contributed by atoms with E-state index in [-0.39, 0.29) is 5.38 Å². The Morgan fingerprint density at radius 1 is 1.13 bits per heavy atom. The molecular formula is C13H18ClI. The third-order valence-electron chi connectivity index (χ3n) is 2.83. The minimum atomic E-state index is 0.240. The lowest BCUT2D eigenvalue weighted by Gasteiger charge is -2.23. The van der Waals surface area contributed by atoms with Crippen molar-refractivity contribution in [3.8, 4) is 0 Å². The van der Waals surface area contributed by atoms with Gasteiger partial charge in [0.25, 0.3) is 0 Å². The summed E-state index contributed by atoms with van der Waals surface area (Å²) in [6.07, 6.45) is 1.08. The molecule has 0 amide bonds. The van der Waals surface area contributed by atoms with E-state index in [0.29, 0.717) is 11.8 Å². The third-order valence-corrected chi connectivity index (χ3v) is 3.87. The first-order valence-electron chi connectivity index (χ1n) is 5.39. The van der Waals surface area contributed by atoms with Crippen LogP contribution >= 0.6 is 34.2 Å². The monoisotopic (exact) mass is 336 g/mol. The molecule has 1 rings (SSSR count). The fourth-order valence-electron chi connectivity index (χ4n) is 1.82. The standard InChI is InChI=1S/C13H18ClI/c1-9(2)13(10(3)14)8-11-4-6-12(15)7-5-11/h4-7,9-10,13H,8H2,1-3H3. The van der Waals surface area contributed by atoms with Gasteiger partial charge in [0.05, 0.1) is 0 Å². The molecular weight excluding hydrogens is 318 g/mol.